The summed E-state index contributed by atoms with van der Waals surface area (Å²) in [6.45, 7) is 7.61. The lowest BCUT2D eigenvalue weighted by Crippen LogP contribution is -2.52. The molecule has 2 nitrogen and oxygen atoms in total. The van der Waals surface area contributed by atoms with Gasteiger partial charge < -0.3 is 5.73 Å². The Bertz CT molecular complexity index is 418. The molecule has 0 unspecified atom stereocenters. The zero-order valence-electron chi connectivity index (χ0n) is 10.9. The lowest BCUT2D eigenvalue weighted by Gasteiger charge is -2.37. The molecule has 94 valence electrons. The molecule has 0 bridgehead atoms. The highest BCUT2D eigenvalue weighted by molar-refractivity contribution is 9.10. The summed E-state index contributed by atoms with van der Waals surface area (Å²) in [4.78, 5) is 12.3. The average Bonchev–Trinajstić information content (AvgIpc) is 2.15. The van der Waals surface area contributed by atoms with Crippen LogP contribution in [0.3, 0.4) is 0 Å². The average molecular weight is 298 g/mol. The summed E-state index contributed by atoms with van der Waals surface area (Å²) >= 11 is 3.41. The third-order valence-corrected chi connectivity index (χ3v) is 4.05. The summed E-state index contributed by atoms with van der Waals surface area (Å²) in [7, 11) is 0. The van der Waals surface area contributed by atoms with E-state index < -0.39 is 11.0 Å². The lowest BCUT2D eigenvalue weighted by molar-refractivity contribution is -0.129. The van der Waals surface area contributed by atoms with Crippen molar-refractivity contribution in [2.45, 2.75) is 39.7 Å². The van der Waals surface area contributed by atoms with Crippen molar-refractivity contribution in [3.63, 3.8) is 0 Å². The molecular formula is C14H20BrNO. The normalized spacial score (nSPS) is 12.6. The minimum Gasteiger partial charge on any atom is -0.325 e. The number of halogens is 1. The van der Waals surface area contributed by atoms with Gasteiger partial charge in [-0.25, -0.2) is 0 Å². The van der Waals surface area contributed by atoms with Crippen molar-refractivity contribution in [1.82, 2.24) is 0 Å². The number of hydrogen-bond donors (Lipinski definition) is 1. The van der Waals surface area contributed by atoms with Gasteiger partial charge >= 0.3 is 0 Å². The first-order valence-corrected chi connectivity index (χ1v) is 6.50. The van der Waals surface area contributed by atoms with Crippen LogP contribution in [0.15, 0.2) is 28.7 Å². The Balaban J connectivity index is 2.87. The van der Waals surface area contributed by atoms with E-state index in [0.29, 0.717) is 6.42 Å². The molecule has 1 rings (SSSR count). The highest BCUT2D eigenvalue weighted by atomic mass is 79.9. The van der Waals surface area contributed by atoms with Crippen LogP contribution in [-0.2, 0) is 11.2 Å². The monoisotopic (exact) mass is 297 g/mol. The van der Waals surface area contributed by atoms with Crippen LogP contribution in [0.2, 0.25) is 0 Å². The van der Waals surface area contributed by atoms with Crippen LogP contribution >= 0.6 is 15.9 Å². The molecule has 0 heterocycles. The van der Waals surface area contributed by atoms with Gasteiger partial charge in [0.25, 0.3) is 0 Å². The highest BCUT2D eigenvalue weighted by Crippen LogP contribution is 2.30. The van der Waals surface area contributed by atoms with E-state index in [1.54, 1.807) is 0 Å². The predicted molar refractivity (Wildman–Crippen MR) is 74.9 cm³/mol. The summed E-state index contributed by atoms with van der Waals surface area (Å²) in [5, 5.41) is 0. The van der Waals surface area contributed by atoms with Gasteiger partial charge in [-0.3, -0.25) is 4.79 Å². The van der Waals surface area contributed by atoms with Crippen LogP contribution in [0, 0.1) is 5.41 Å². The Kier molecular flexibility index (Phi) is 4.15. The molecule has 0 aliphatic heterocycles. The predicted octanol–water partition coefficient (Wildman–Crippen LogP) is 3.32. The molecule has 0 saturated carbocycles. The SMILES string of the molecule is CC(C)(N)C(C)(C)C(=O)Cc1cccc(Br)c1. The van der Waals surface area contributed by atoms with Gasteiger partial charge in [0.2, 0.25) is 0 Å². The molecule has 0 aliphatic carbocycles. The Hall–Kier alpha value is -0.670. The fraction of sp³-hybridized carbons (Fsp3) is 0.500. The summed E-state index contributed by atoms with van der Waals surface area (Å²) < 4.78 is 0.993. The van der Waals surface area contributed by atoms with Gasteiger partial charge in [0.1, 0.15) is 5.78 Å². The molecule has 2 N–H and O–H groups in total. The van der Waals surface area contributed by atoms with E-state index in [2.05, 4.69) is 15.9 Å². The van der Waals surface area contributed by atoms with Gasteiger partial charge in [0.15, 0.2) is 0 Å². The van der Waals surface area contributed by atoms with Gasteiger partial charge in [0.05, 0.1) is 0 Å². The third kappa shape index (κ3) is 3.39. The molecule has 0 aromatic heterocycles. The van der Waals surface area contributed by atoms with E-state index in [9.17, 15) is 4.79 Å². The van der Waals surface area contributed by atoms with Crippen LogP contribution in [0.5, 0.6) is 0 Å². The molecule has 0 amide bonds. The molecule has 17 heavy (non-hydrogen) atoms. The Morgan fingerprint density at radius 3 is 2.35 bits per heavy atom. The number of carbonyl (C=O) groups is 1. The maximum atomic E-state index is 12.3. The molecule has 0 radical (unpaired) electrons. The fourth-order valence-corrected chi connectivity index (χ4v) is 1.86. The van der Waals surface area contributed by atoms with E-state index in [1.165, 1.54) is 0 Å². The van der Waals surface area contributed by atoms with Crippen molar-refractivity contribution in [1.29, 1.82) is 0 Å². The summed E-state index contributed by atoms with van der Waals surface area (Å²) in [6, 6.07) is 7.82. The maximum absolute atomic E-state index is 12.3. The number of rotatable bonds is 4. The van der Waals surface area contributed by atoms with E-state index in [4.69, 9.17) is 5.73 Å². The molecule has 0 atom stereocenters. The number of nitrogens with two attached hydrogens (primary N) is 1. The quantitative estimate of drug-likeness (QED) is 0.926. The van der Waals surface area contributed by atoms with Crippen molar-refractivity contribution in [2.24, 2.45) is 11.1 Å². The van der Waals surface area contributed by atoms with Crippen molar-refractivity contribution in [3.05, 3.63) is 34.3 Å². The third-order valence-electron chi connectivity index (χ3n) is 3.56. The number of hydrogen-bond acceptors (Lipinski definition) is 2. The molecule has 0 fully saturated rings. The molecule has 0 saturated heterocycles. The van der Waals surface area contributed by atoms with Crippen LogP contribution in [0.25, 0.3) is 0 Å². The van der Waals surface area contributed by atoms with Gasteiger partial charge in [-0.2, -0.15) is 0 Å². The van der Waals surface area contributed by atoms with Gasteiger partial charge in [-0.15, -0.1) is 0 Å². The second-order valence-electron chi connectivity index (χ2n) is 5.58. The number of Topliss-reactive ketones (excluding diaryl/α,β-unsaturated/α-hetero) is 1. The molecule has 0 spiro atoms. The highest BCUT2D eigenvalue weighted by Gasteiger charge is 2.39. The second-order valence-corrected chi connectivity index (χ2v) is 6.49. The zero-order chi connectivity index (χ0) is 13.3. The first kappa shape index (κ1) is 14.4. The van der Waals surface area contributed by atoms with E-state index in [0.717, 1.165) is 10.0 Å². The summed E-state index contributed by atoms with van der Waals surface area (Å²) in [6.07, 6.45) is 0.424. The minimum absolute atomic E-state index is 0.170. The number of ketones is 1. The number of benzene rings is 1. The van der Waals surface area contributed by atoms with E-state index in [-0.39, 0.29) is 5.78 Å². The smallest absolute Gasteiger partial charge is 0.144 e. The molecule has 0 aliphatic rings. The van der Waals surface area contributed by atoms with Crippen LogP contribution < -0.4 is 5.73 Å². The summed E-state index contributed by atoms with van der Waals surface area (Å²) in [5.74, 6) is 0.170. The van der Waals surface area contributed by atoms with Gasteiger partial charge in [0, 0.05) is 21.8 Å². The minimum atomic E-state index is -0.532. The second kappa shape index (κ2) is 4.91. The molecule has 1 aromatic carbocycles. The summed E-state index contributed by atoms with van der Waals surface area (Å²) in [5.41, 5.74) is 6.03. The maximum Gasteiger partial charge on any atom is 0.144 e. The Labute approximate surface area is 112 Å². The zero-order valence-corrected chi connectivity index (χ0v) is 12.5. The van der Waals surface area contributed by atoms with E-state index in [1.807, 2.05) is 52.0 Å². The Morgan fingerprint density at radius 1 is 1.29 bits per heavy atom. The Morgan fingerprint density at radius 2 is 1.88 bits per heavy atom. The topological polar surface area (TPSA) is 43.1 Å². The standard InChI is InChI=1S/C14H20BrNO/c1-13(2,14(3,4)16)12(17)9-10-6-5-7-11(15)8-10/h5-8H,9,16H2,1-4H3. The lowest BCUT2D eigenvalue weighted by atomic mass is 9.71. The largest absolute Gasteiger partial charge is 0.325 e. The molecule has 1 aromatic rings. The van der Waals surface area contributed by atoms with Crippen molar-refractivity contribution in [2.75, 3.05) is 0 Å². The van der Waals surface area contributed by atoms with E-state index >= 15 is 0 Å². The fourth-order valence-electron chi connectivity index (χ4n) is 1.41. The van der Waals surface area contributed by atoms with Gasteiger partial charge in [-0.1, -0.05) is 41.9 Å². The first-order valence-electron chi connectivity index (χ1n) is 5.71. The van der Waals surface area contributed by atoms with Crippen molar-refractivity contribution >= 4 is 21.7 Å². The van der Waals surface area contributed by atoms with Gasteiger partial charge in [-0.05, 0) is 31.5 Å². The van der Waals surface area contributed by atoms with Crippen LogP contribution in [0.4, 0.5) is 0 Å². The first-order chi connectivity index (χ1) is 7.64. The van der Waals surface area contributed by atoms with Crippen LogP contribution in [-0.4, -0.2) is 11.3 Å². The van der Waals surface area contributed by atoms with Crippen molar-refractivity contribution < 1.29 is 4.79 Å². The van der Waals surface area contributed by atoms with Crippen molar-refractivity contribution in [3.8, 4) is 0 Å². The van der Waals surface area contributed by atoms with Crippen LogP contribution in [0.1, 0.15) is 33.3 Å². The molecular weight excluding hydrogens is 278 g/mol. The number of carbonyl (C=O) groups excluding carboxylic acids is 1. The molecule has 3 heteroatoms.